The minimum absolute atomic E-state index is 0.00912. The number of benzene rings is 1. The number of ether oxygens (including phenoxy) is 1. The number of halogens is 1. The van der Waals surface area contributed by atoms with Crippen molar-refractivity contribution in [1.29, 1.82) is 0 Å². The van der Waals surface area contributed by atoms with Crippen LogP contribution in [0.4, 0.5) is 21.7 Å². The minimum Gasteiger partial charge on any atom is -0.497 e. The van der Waals surface area contributed by atoms with E-state index in [0.29, 0.717) is 11.4 Å². The molecule has 0 saturated heterocycles. The third-order valence-electron chi connectivity index (χ3n) is 5.24. The van der Waals surface area contributed by atoms with E-state index in [1.807, 2.05) is 6.92 Å². The average molecular weight is 387 g/mol. The van der Waals surface area contributed by atoms with Crippen molar-refractivity contribution in [2.24, 2.45) is 17.4 Å². The van der Waals surface area contributed by atoms with E-state index in [4.69, 9.17) is 16.2 Å². The van der Waals surface area contributed by atoms with Gasteiger partial charge in [0, 0.05) is 23.8 Å². The Labute approximate surface area is 163 Å². The number of hydrogen-bond acceptors (Lipinski definition) is 6. The van der Waals surface area contributed by atoms with Crippen LogP contribution in [0.2, 0.25) is 0 Å². The fourth-order valence-electron chi connectivity index (χ4n) is 3.45. The molecule has 150 valence electrons. The molecule has 0 spiro atoms. The Bertz CT molecular complexity index is 860. The summed E-state index contributed by atoms with van der Waals surface area (Å²) in [4.78, 5) is 16.1. The Hall–Kier alpha value is -2.87. The van der Waals surface area contributed by atoms with Crippen LogP contribution in [0.1, 0.15) is 36.5 Å². The molecule has 0 radical (unpaired) electrons. The Morgan fingerprint density at radius 2 is 2.14 bits per heavy atom. The van der Waals surface area contributed by atoms with Crippen molar-refractivity contribution in [3.8, 4) is 5.75 Å². The summed E-state index contributed by atoms with van der Waals surface area (Å²) in [6, 6.07) is 8.33. The summed E-state index contributed by atoms with van der Waals surface area (Å²) in [5.41, 5.74) is 12.1. The minimum atomic E-state index is -0.767. The van der Waals surface area contributed by atoms with Gasteiger partial charge < -0.3 is 26.8 Å². The number of carbonyl (C=O) groups is 1. The van der Waals surface area contributed by atoms with Crippen molar-refractivity contribution in [3.63, 3.8) is 0 Å². The predicted molar refractivity (Wildman–Crippen MR) is 107 cm³/mol. The molecule has 1 saturated carbocycles. The molecule has 28 heavy (non-hydrogen) atoms. The molecule has 2 aromatic rings. The molecule has 1 aliphatic carbocycles. The van der Waals surface area contributed by atoms with Gasteiger partial charge in [-0.2, -0.15) is 0 Å². The first-order valence-corrected chi connectivity index (χ1v) is 9.36. The number of hydrogen-bond donors (Lipinski definition) is 4. The second-order valence-corrected chi connectivity index (χ2v) is 7.00. The molecule has 1 aromatic heterocycles. The van der Waals surface area contributed by atoms with Gasteiger partial charge in [-0.15, -0.1) is 0 Å². The molecule has 0 bridgehead atoms. The summed E-state index contributed by atoms with van der Waals surface area (Å²) in [6.07, 6.45) is 2.76. The van der Waals surface area contributed by atoms with Crippen LogP contribution in [0.5, 0.6) is 5.75 Å². The van der Waals surface area contributed by atoms with Gasteiger partial charge in [0.25, 0.3) is 5.91 Å². The topological polar surface area (TPSA) is 115 Å². The largest absolute Gasteiger partial charge is 0.497 e. The third kappa shape index (κ3) is 4.17. The van der Waals surface area contributed by atoms with Gasteiger partial charge in [0.05, 0.1) is 12.7 Å². The van der Waals surface area contributed by atoms with Crippen LogP contribution in [0, 0.1) is 11.7 Å². The first kappa shape index (κ1) is 19.9. The predicted octanol–water partition coefficient (Wildman–Crippen LogP) is 3.00. The van der Waals surface area contributed by atoms with Gasteiger partial charge in [-0.1, -0.05) is 13.0 Å². The van der Waals surface area contributed by atoms with Crippen LogP contribution in [0.25, 0.3) is 0 Å². The van der Waals surface area contributed by atoms with Crippen molar-refractivity contribution in [2.45, 2.75) is 38.3 Å². The second-order valence-electron chi connectivity index (χ2n) is 7.00. The molecule has 2 unspecified atom stereocenters. The van der Waals surface area contributed by atoms with Crippen molar-refractivity contribution < 1.29 is 13.9 Å². The standard InChI is InChI=1S/C20H26FN5O2/c1-3-17(13-7-8-16(13)22)25-20-15(21)10-14(18(23)27)19(26-20)24-11-5-4-6-12(9-11)28-2/h4-6,9-10,13,16-17H,3,7-8,22H2,1-2H3,(H2,23,27)(H2,24,25,26)/t13?,16?,17-/m1/s1. The number of pyridine rings is 1. The van der Waals surface area contributed by atoms with E-state index in [1.54, 1.807) is 31.4 Å². The highest BCUT2D eigenvalue weighted by atomic mass is 19.1. The molecule has 8 heteroatoms. The maximum atomic E-state index is 14.6. The van der Waals surface area contributed by atoms with E-state index in [0.717, 1.165) is 25.3 Å². The van der Waals surface area contributed by atoms with Crippen molar-refractivity contribution in [3.05, 3.63) is 41.7 Å². The second kappa shape index (κ2) is 8.43. The fraction of sp³-hybridized carbons (Fsp3) is 0.400. The van der Waals surface area contributed by atoms with Gasteiger partial charge in [0.2, 0.25) is 0 Å². The molecule has 6 N–H and O–H groups in total. The third-order valence-corrected chi connectivity index (χ3v) is 5.24. The molecule has 1 heterocycles. The number of carbonyl (C=O) groups excluding carboxylic acids is 1. The maximum absolute atomic E-state index is 14.6. The first-order chi connectivity index (χ1) is 13.4. The van der Waals surface area contributed by atoms with Crippen LogP contribution >= 0.6 is 0 Å². The molecule has 3 rings (SSSR count). The highest BCUT2D eigenvalue weighted by Crippen LogP contribution is 2.33. The molecular formula is C20H26FN5O2. The van der Waals surface area contributed by atoms with Gasteiger partial charge in [-0.05, 0) is 43.4 Å². The molecule has 1 amide bonds. The Kier molecular flexibility index (Phi) is 5.99. The van der Waals surface area contributed by atoms with Crippen LogP contribution in [-0.2, 0) is 0 Å². The smallest absolute Gasteiger partial charge is 0.252 e. The monoisotopic (exact) mass is 387 g/mol. The van der Waals surface area contributed by atoms with Gasteiger partial charge in [-0.3, -0.25) is 4.79 Å². The van der Waals surface area contributed by atoms with Crippen molar-refractivity contribution >= 4 is 23.2 Å². The molecule has 1 aromatic carbocycles. The molecule has 3 atom stereocenters. The lowest BCUT2D eigenvalue weighted by Crippen LogP contribution is -2.48. The SMILES string of the molecule is CC[C@@H](Nc1nc(Nc2cccc(OC)c2)c(C(N)=O)cc1F)C1CCC1N. The Morgan fingerprint density at radius 1 is 1.36 bits per heavy atom. The quantitative estimate of drug-likeness (QED) is 0.553. The Balaban J connectivity index is 1.91. The maximum Gasteiger partial charge on any atom is 0.252 e. The average Bonchev–Trinajstić information content (AvgIpc) is 2.68. The first-order valence-electron chi connectivity index (χ1n) is 9.36. The van der Waals surface area contributed by atoms with Crippen LogP contribution in [-0.4, -0.2) is 30.1 Å². The van der Waals surface area contributed by atoms with E-state index in [-0.39, 0.29) is 35.2 Å². The number of anilines is 3. The number of nitrogens with zero attached hydrogens (tertiary/aromatic N) is 1. The lowest BCUT2D eigenvalue weighted by molar-refractivity contribution is 0.100. The molecule has 7 nitrogen and oxygen atoms in total. The van der Waals surface area contributed by atoms with Gasteiger partial charge in [0.1, 0.15) is 11.6 Å². The number of aromatic nitrogens is 1. The summed E-state index contributed by atoms with van der Waals surface area (Å²) in [5, 5.41) is 6.19. The normalized spacial score (nSPS) is 19.4. The van der Waals surface area contributed by atoms with E-state index < -0.39 is 11.7 Å². The number of primary amides is 1. The highest BCUT2D eigenvalue weighted by molar-refractivity contribution is 5.98. The lowest BCUT2D eigenvalue weighted by Gasteiger charge is -2.40. The summed E-state index contributed by atoms with van der Waals surface area (Å²) >= 11 is 0. The highest BCUT2D eigenvalue weighted by Gasteiger charge is 2.34. The summed E-state index contributed by atoms with van der Waals surface area (Å²) in [6.45, 7) is 2.02. The van der Waals surface area contributed by atoms with Gasteiger partial charge in [0.15, 0.2) is 11.6 Å². The van der Waals surface area contributed by atoms with Crippen LogP contribution < -0.4 is 26.8 Å². The van der Waals surface area contributed by atoms with Crippen molar-refractivity contribution in [2.75, 3.05) is 17.7 Å². The summed E-state index contributed by atoms with van der Waals surface area (Å²) < 4.78 is 19.8. The van der Waals surface area contributed by atoms with Gasteiger partial charge in [-0.25, -0.2) is 9.37 Å². The fourth-order valence-corrected chi connectivity index (χ4v) is 3.45. The van der Waals surface area contributed by atoms with E-state index >= 15 is 0 Å². The Morgan fingerprint density at radius 3 is 2.71 bits per heavy atom. The van der Waals surface area contributed by atoms with Crippen LogP contribution in [0.3, 0.4) is 0 Å². The number of rotatable bonds is 8. The zero-order valence-corrected chi connectivity index (χ0v) is 16.0. The summed E-state index contributed by atoms with van der Waals surface area (Å²) in [5.74, 6) is -0.237. The van der Waals surface area contributed by atoms with E-state index in [1.165, 1.54) is 0 Å². The van der Waals surface area contributed by atoms with E-state index in [9.17, 15) is 9.18 Å². The van der Waals surface area contributed by atoms with Gasteiger partial charge >= 0.3 is 0 Å². The van der Waals surface area contributed by atoms with Crippen molar-refractivity contribution in [1.82, 2.24) is 4.98 Å². The van der Waals surface area contributed by atoms with E-state index in [2.05, 4.69) is 15.6 Å². The summed E-state index contributed by atoms with van der Waals surface area (Å²) in [7, 11) is 1.56. The number of nitrogens with two attached hydrogens (primary N) is 2. The molecular weight excluding hydrogens is 361 g/mol. The van der Waals surface area contributed by atoms with Crippen LogP contribution in [0.15, 0.2) is 30.3 Å². The zero-order valence-electron chi connectivity index (χ0n) is 16.0. The number of methoxy groups -OCH3 is 1. The number of amides is 1. The molecule has 0 aliphatic heterocycles. The molecule has 1 fully saturated rings. The lowest BCUT2D eigenvalue weighted by atomic mass is 9.74. The number of nitrogens with one attached hydrogen (secondary N) is 2. The molecule has 1 aliphatic rings. The zero-order chi connectivity index (χ0) is 20.3.